The molecule has 0 spiro atoms. The normalized spacial score (nSPS) is 12.6. The van der Waals surface area contributed by atoms with Crippen LogP contribution in [-0.4, -0.2) is 26.6 Å². The van der Waals surface area contributed by atoms with Crippen molar-refractivity contribution in [2.45, 2.75) is 32.4 Å². The van der Waals surface area contributed by atoms with Crippen LogP contribution in [0.3, 0.4) is 0 Å². The van der Waals surface area contributed by atoms with E-state index < -0.39 is 0 Å². The van der Waals surface area contributed by atoms with Gasteiger partial charge < -0.3 is 9.88 Å². The minimum absolute atomic E-state index is 0.101. The maximum atomic E-state index is 4.42. The standard InChI is InChI=1S/C13H19N5/c1-3-8-18-9-7-15-12(18)10-11(14-2)13-16-5-4-6-17-13/h4-7,9,11,14H,3,8,10H2,1-2H3. The van der Waals surface area contributed by atoms with Gasteiger partial charge in [-0.05, 0) is 19.5 Å². The van der Waals surface area contributed by atoms with E-state index in [9.17, 15) is 0 Å². The van der Waals surface area contributed by atoms with Crippen LogP contribution in [0.5, 0.6) is 0 Å². The van der Waals surface area contributed by atoms with Gasteiger partial charge in [-0.1, -0.05) is 6.92 Å². The number of aromatic nitrogens is 4. The lowest BCUT2D eigenvalue weighted by Gasteiger charge is -2.15. The number of nitrogens with one attached hydrogen (secondary N) is 1. The van der Waals surface area contributed by atoms with Gasteiger partial charge in [-0.3, -0.25) is 0 Å². The van der Waals surface area contributed by atoms with Gasteiger partial charge in [0.25, 0.3) is 0 Å². The molecule has 0 aliphatic carbocycles. The Morgan fingerprint density at radius 3 is 2.67 bits per heavy atom. The molecule has 5 nitrogen and oxygen atoms in total. The van der Waals surface area contributed by atoms with Crippen molar-refractivity contribution < 1.29 is 0 Å². The molecule has 18 heavy (non-hydrogen) atoms. The molecular weight excluding hydrogens is 226 g/mol. The zero-order chi connectivity index (χ0) is 12.8. The number of nitrogens with zero attached hydrogens (tertiary/aromatic N) is 4. The number of aryl methyl sites for hydroxylation is 1. The third kappa shape index (κ3) is 2.92. The molecule has 2 aromatic rings. The Labute approximate surface area is 107 Å². The predicted octanol–water partition coefficient (Wildman–Crippen LogP) is 1.59. The maximum Gasteiger partial charge on any atom is 0.145 e. The summed E-state index contributed by atoms with van der Waals surface area (Å²) >= 11 is 0. The number of rotatable bonds is 6. The molecule has 0 saturated carbocycles. The Morgan fingerprint density at radius 1 is 1.22 bits per heavy atom. The molecule has 0 amide bonds. The topological polar surface area (TPSA) is 55.6 Å². The predicted molar refractivity (Wildman–Crippen MR) is 70.1 cm³/mol. The van der Waals surface area contributed by atoms with Crippen LogP contribution in [0.4, 0.5) is 0 Å². The molecular formula is C13H19N5. The molecule has 0 saturated heterocycles. The van der Waals surface area contributed by atoms with Crippen LogP contribution in [-0.2, 0) is 13.0 Å². The van der Waals surface area contributed by atoms with Crippen LogP contribution in [0.2, 0.25) is 0 Å². The summed E-state index contributed by atoms with van der Waals surface area (Å²) in [6.07, 6.45) is 9.32. The molecule has 1 unspecified atom stereocenters. The summed E-state index contributed by atoms with van der Waals surface area (Å²) in [6.45, 7) is 3.17. The second-order valence-electron chi connectivity index (χ2n) is 4.19. The molecule has 0 aliphatic heterocycles. The average Bonchev–Trinajstić information content (AvgIpc) is 2.85. The first-order chi connectivity index (χ1) is 8.85. The van der Waals surface area contributed by atoms with Crippen LogP contribution >= 0.6 is 0 Å². The third-order valence-corrected chi connectivity index (χ3v) is 2.90. The lowest BCUT2D eigenvalue weighted by atomic mass is 10.2. The van der Waals surface area contributed by atoms with Gasteiger partial charge in [-0.2, -0.15) is 0 Å². The summed E-state index contributed by atoms with van der Waals surface area (Å²) in [4.78, 5) is 13.0. The van der Waals surface area contributed by atoms with Gasteiger partial charge in [0.15, 0.2) is 0 Å². The molecule has 1 N–H and O–H groups in total. The smallest absolute Gasteiger partial charge is 0.145 e. The zero-order valence-corrected chi connectivity index (χ0v) is 10.9. The lowest BCUT2D eigenvalue weighted by molar-refractivity contribution is 0.520. The summed E-state index contributed by atoms with van der Waals surface area (Å²) in [5.74, 6) is 1.88. The Balaban J connectivity index is 2.13. The molecule has 1 atom stereocenters. The van der Waals surface area contributed by atoms with E-state index in [-0.39, 0.29) is 6.04 Å². The molecule has 0 aliphatic rings. The highest BCUT2D eigenvalue weighted by molar-refractivity contribution is 5.02. The van der Waals surface area contributed by atoms with E-state index in [4.69, 9.17) is 0 Å². The minimum Gasteiger partial charge on any atom is -0.335 e. The van der Waals surface area contributed by atoms with E-state index in [1.54, 1.807) is 12.4 Å². The van der Waals surface area contributed by atoms with Crippen molar-refractivity contribution in [2.75, 3.05) is 7.05 Å². The van der Waals surface area contributed by atoms with Crippen LogP contribution in [0.25, 0.3) is 0 Å². The molecule has 0 aromatic carbocycles. The van der Waals surface area contributed by atoms with E-state index in [1.807, 2.05) is 25.5 Å². The lowest BCUT2D eigenvalue weighted by Crippen LogP contribution is -2.22. The van der Waals surface area contributed by atoms with Crippen molar-refractivity contribution in [2.24, 2.45) is 0 Å². The third-order valence-electron chi connectivity index (χ3n) is 2.90. The van der Waals surface area contributed by atoms with Crippen LogP contribution in [0.1, 0.15) is 31.0 Å². The van der Waals surface area contributed by atoms with E-state index in [1.165, 1.54) is 0 Å². The first-order valence-corrected chi connectivity index (χ1v) is 6.29. The summed E-state index contributed by atoms with van der Waals surface area (Å²) in [5, 5.41) is 3.25. The fraction of sp³-hybridized carbons (Fsp3) is 0.462. The Morgan fingerprint density at radius 2 is 2.00 bits per heavy atom. The number of hydrogen-bond donors (Lipinski definition) is 1. The SMILES string of the molecule is CCCn1ccnc1CC(NC)c1ncccn1. The highest BCUT2D eigenvalue weighted by atomic mass is 15.1. The first kappa shape index (κ1) is 12.7. The van der Waals surface area contributed by atoms with Gasteiger partial charge in [0.05, 0.1) is 6.04 Å². The highest BCUT2D eigenvalue weighted by Crippen LogP contribution is 2.13. The second kappa shape index (κ2) is 6.26. The highest BCUT2D eigenvalue weighted by Gasteiger charge is 2.15. The van der Waals surface area contributed by atoms with Crippen LogP contribution in [0.15, 0.2) is 30.9 Å². The van der Waals surface area contributed by atoms with Crippen molar-refractivity contribution in [3.8, 4) is 0 Å². The van der Waals surface area contributed by atoms with Crippen molar-refractivity contribution in [1.82, 2.24) is 24.8 Å². The van der Waals surface area contributed by atoms with Gasteiger partial charge in [0.2, 0.25) is 0 Å². The summed E-state index contributed by atoms with van der Waals surface area (Å²) in [5.41, 5.74) is 0. The van der Waals surface area contributed by atoms with Crippen molar-refractivity contribution in [3.05, 3.63) is 42.5 Å². The monoisotopic (exact) mass is 245 g/mol. The fourth-order valence-corrected chi connectivity index (χ4v) is 1.97. The molecule has 0 bridgehead atoms. The van der Waals surface area contributed by atoms with Crippen LogP contribution in [0, 0.1) is 0 Å². The van der Waals surface area contributed by atoms with Gasteiger partial charge in [-0.25, -0.2) is 15.0 Å². The molecule has 0 radical (unpaired) electrons. The first-order valence-electron chi connectivity index (χ1n) is 6.29. The van der Waals surface area contributed by atoms with Crippen molar-refractivity contribution in [1.29, 1.82) is 0 Å². The van der Waals surface area contributed by atoms with E-state index in [0.29, 0.717) is 0 Å². The summed E-state index contributed by atoms with van der Waals surface area (Å²) in [6, 6.07) is 1.93. The average molecular weight is 245 g/mol. The molecule has 96 valence electrons. The van der Waals surface area contributed by atoms with E-state index in [0.717, 1.165) is 31.0 Å². The van der Waals surface area contributed by atoms with Gasteiger partial charge >= 0.3 is 0 Å². The fourth-order valence-electron chi connectivity index (χ4n) is 1.97. The Bertz CT molecular complexity index is 465. The summed E-state index contributed by atoms with van der Waals surface area (Å²) in [7, 11) is 1.92. The van der Waals surface area contributed by atoms with Gasteiger partial charge in [-0.15, -0.1) is 0 Å². The number of imidazole rings is 1. The Kier molecular flexibility index (Phi) is 4.41. The molecule has 5 heteroatoms. The van der Waals surface area contributed by atoms with Crippen molar-refractivity contribution >= 4 is 0 Å². The minimum atomic E-state index is 0.101. The van der Waals surface area contributed by atoms with Gasteiger partial charge in [0.1, 0.15) is 11.6 Å². The zero-order valence-electron chi connectivity index (χ0n) is 10.9. The second-order valence-corrected chi connectivity index (χ2v) is 4.19. The molecule has 2 heterocycles. The molecule has 2 aromatic heterocycles. The number of hydrogen-bond acceptors (Lipinski definition) is 4. The van der Waals surface area contributed by atoms with Gasteiger partial charge in [0, 0.05) is 37.8 Å². The van der Waals surface area contributed by atoms with Crippen LogP contribution < -0.4 is 5.32 Å². The largest absolute Gasteiger partial charge is 0.335 e. The summed E-state index contributed by atoms with van der Waals surface area (Å²) < 4.78 is 2.19. The van der Waals surface area contributed by atoms with E-state index in [2.05, 4.69) is 31.8 Å². The molecule has 2 rings (SSSR count). The quantitative estimate of drug-likeness (QED) is 0.839. The molecule has 0 fully saturated rings. The Hall–Kier alpha value is -1.75. The number of likely N-dealkylation sites (N-methyl/N-ethyl adjacent to an activating group) is 1. The van der Waals surface area contributed by atoms with E-state index >= 15 is 0 Å². The van der Waals surface area contributed by atoms with Crippen molar-refractivity contribution in [3.63, 3.8) is 0 Å². The maximum absolute atomic E-state index is 4.42.